The summed E-state index contributed by atoms with van der Waals surface area (Å²) in [5.41, 5.74) is 0. The van der Waals surface area contributed by atoms with Crippen LogP contribution in [0.3, 0.4) is 0 Å². The van der Waals surface area contributed by atoms with E-state index < -0.39 is 0 Å². The molecule has 3 amide bonds. The Morgan fingerprint density at radius 2 is 1.82 bits per heavy atom. The molecule has 2 aliphatic rings. The highest BCUT2D eigenvalue weighted by atomic mass is 16.2. The van der Waals surface area contributed by atoms with Crippen LogP contribution in [0.4, 0.5) is 0 Å². The third-order valence-electron chi connectivity index (χ3n) is 4.48. The van der Waals surface area contributed by atoms with Gasteiger partial charge in [-0.2, -0.15) is 0 Å². The largest absolute Gasteiger partial charge is 0.356 e. The molecule has 0 aromatic carbocycles. The summed E-state index contributed by atoms with van der Waals surface area (Å²) in [5, 5.41) is 2.87. The molecule has 1 atom stereocenters. The zero-order valence-corrected chi connectivity index (χ0v) is 14.4. The molecule has 1 saturated carbocycles. The smallest absolute Gasteiger partial charge is 0.232 e. The normalized spacial score (nSPS) is 28.2. The van der Waals surface area contributed by atoms with Gasteiger partial charge in [-0.3, -0.25) is 19.3 Å². The van der Waals surface area contributed by atoms with Crippen molar-refractivity contribution < 1.29 is 15.8 Å². The summed E-state index contributed by atoms with van der Waals surface area (Å²) in [5.74, 6) is 0.394. The van der Waals surface area contributed by atoms with Gasteiger partial charge in [0.05, 0.1) is 0 Å². The first-order valence-corrected chi connectivity index (χ1v) is 8.64. The second kappa shape index (κ2) is 8.91. The highest BCUT2D eigenvalue weighted by Crippen LogP contribution is 2.31. The van der Waals surface area contributed by atoms with Crippen LogP contribution in [-0.2, 0) is 14.4 Å². The van der Waals surface area contributed by atoms with Crippen LogP contribution in [0.2, 0.25) is 0 Å². The van der Waals surface area contributed by atoms with Gasteiger partial charge < -0.3 is 5.32 Å². The molecule has 128 valence electrons. The molecule has 1 aliphatic carbocycles. The van der Waals surface area contributed by atoms with Gasteiger partial charge in [0.25, 0.3) is 0 Å². The minimum atomic E-state index is -0.158. The summed E-state index contributed by atoms with van der Waals surface area (Å²) in [6.45, 7) is 8.96. The third-order valence-corrected chi connectivity index (χ3v) is 4.48. The van der Waals surface area contributed by atoms with E-state index >= 15 is 0 Å². The van der Waals surface area contributed by atoms with Gasteiger partial charge in [-0.25, -0.2) is 0 Å². The number of carbonyl (C=O) groups excluding carboxylic acids is 3. The number of rotatable bonds is 4. The summed E-state index contributed by atoms with van der Waals surface area (Å²) in [7, 11) is 0. The van der Waals surface area contributed by atoms with Gasteiger partial charge in [-0.05, 0) is 38.5 Å². The molecular weight excluding hydrogens is 280 g/mol. The molecule has 0 bridgehead atoms. The highest BCUT2D eigenvalue weighted by Gasteiger charge is 2.37. The molecule has 2 rings (SSSR count). The van der Waals surface area contributed by atoms with E-state index in [0.717, 1.165) is 25.7 Å². The quantitative estimate of drug-likeness (QED) is 0.811. The number of carbonyl (C=O) groups is 3. The summed E-state index contributed by atoms with van der Waals surface area (Å²) in [4.78, 5) is 36.9. The summed E-state index contributed by atoms with van der Waals surface area (Å²) < 4.78 is 0. The Kier molecular flexibility index (Phi) is 7.56. The first-order valence-electron chi connectivity index (χ1n) is 8.64. The van der Waals surface area contributed by atoms with Crippen molar-refractivity contribution in [3.8, 4) is 0 Å². The summed E-state index contributed by atoms with van der Waals surface area (Å²) in [6, 6.07) is 0. The molecule has 5 heteroatoms. The van der Waals surface area contributed by atoms with E-state index in [-0.39, 0.29) is 31.0 Å². The summed E-state index contributed by atoms with van der Waals surface area (Å²) >= 11 is 0. The second-order valence-electron chi connectivity index (χ2n) is 6.06. The van der Waals surface area contributed by atoms with E-state index in [1.807, 2.05) is 27.7 Å². The maximum atomic E-state index is 11.9. The van der Waals surface area contributed by atoms with Gasteiger partial charge in [0, 0.05) is 32.8 Å². The minimum absolute atomic E-state index is 0. The zero-order valence-electron chi connectivity index (χ0n) is 14.4. The van der Waals surface area contributed by atoms with E-state index in [4.69, 9.17) is 0 Å². The van der Waals surface area contributed by atoms with E-state index in [1.54, 1.807) is 0 Å². The Hall–Kier alpha value is -1.39. The van der Waals surface area contributed by atoms with E-state index in [0.29, 0.717) is 25.4 Å². The molecule has 1 N–H and O–H groups in total. The molecule has 5 nitrogen and oxygen atoms in total. The lowest BCUT2D eigenvalue weighted by Crippen LogP contribution is -2.38. The molecular formula is C17H32N2O3. The van der Waals surface area contributed by atoms with Crippen LogP contribution < -0.4 is 5.32 Å². The molecule has 1 saturated heterocycles. The Balaban J connectivity index is 0.00000155. The third kappa shape index (κ3) is 4.55. The average Bonchev–Trinajstić information content (AvgIpc) is 2.77. The number of hydrogen-bond donors (Lipinski definition) is 1. The molecule has 0 radical (unpaired) electrons. The molecule has 1 aliphatic heterocycles. The minimum Gasteiger partial charge on any atom is -0.356 e. The van der Waals surface area contributed by atoms with Gasteiger partial charge in [0.2, 0.25) is 17.7 Å². The van der Waals surface area contributed by atoms with Crippen molar-refractivity contribution in [1.82, 2.24) is 10.2 Å². The van der Waals surface area contributed by atoms with Crippen LogP contribution in [0.1, 0.15) is 61.2 Å². The monoisotopic (exact) mass is 312 g/mol. The lowest BCUT2D eigenvalue weighted by molar-refractivity contribution is -0.140. The van der Waals surface area contributed by atoms with E-state index in [1.165, 1.54) is 4.90 Å². The Morgan fingerprint density at radius 3 is 2.27 bits per heavy atom. The lowest BCUT2D eigenvalue weighted by Gasteiger charge is -2.30. The van der Waals surface area contributed by atoms with Crippen LogP contribution >= 0.6 is 0 Å². The number of amides is 3. The Morgan fingerprint density at radius 1 is 1.23 bits per heavy atom. The van der Waals surface area contributed by atoms with Crippen LogP contribution in [0.5, 0.6) is 0 Å². The fraction of sp³-hybridized carbons (Fsp3) is 0.824. The van der Waals surface area contributed by atoms with E-state index in [9.17, 15) is 14.4 Å². The number of likely N-dealkylation sites (tertiary alicyclic amines) is 1. The molecule has 1 unspecified atom stereocenters. The van der Waals surface area contributed by atoms with Crippen molar-refractivity contribution in [2.75, 3.05) is 13.1 Å². The van der Waals surface area contributed by atoms with Gasteiger partial charge in [-0.1, -0.05) is 20.8 Å². The van der Waals surface area contributed by atoms with Crippen LogP contribution in [0.15, 0.2) is 0 Å². The highest BCUT2D eigenvalue weighted by molar-refractivity contribution is 6.03. The van der Waals surface area contributed by atoms with Gasteiger partial charge in [0.15, 0.2) is 0 Å². The first-order chi connectivity index (χ1) is 10.5. The molecule has 0 spiro atoms. The standard InChI is InChI=1S/C15H24N2O3.C2H6.H2/c1-3-16-14(19)12-6-4-11(5-7-12)9-17-13(18)8-10(2)15(17)20;1-2;/h10-12H,3-9H2,1-2H3,(H,16,19);1-2H3;1H. The second-order valence-corrected chi connectivity index (χ2v) is 6.06. The van der Waals surface area contributed by atoms with Crippen LogP contribution in [0.25, 0.3) is 0 Å². The van der Waals surface area contributed by atoms with Crippen LogP contribution in [0, 0.1) is 17.8 Å². The maximum Gasteiger partial charge on any atom is 0.232 e. The number of nitrogens with one attached hydrogen (secondary N) is 1. The zero-order chi connectivity index (χ0) is 16.7. The van der Waals surface area contributed by atoms with Gasteiger partial charge >= 0.3 is 0 Å². The summed E-state index contributed by atoms with van der Waals surface area (Å²) in [6.07, 6.45) is 3.93. The van der Waals surface area contributed by atoms with E-state index in [2.05, 4.69) is 5.32 Å². The Bertz CT molecular complexity index is 407. The maximum absolute atomic E-state index is 11.9. The van der Waals surface area contributed by atoms with Crippen molar-refractivity contribution >= 4 is 17.7 Å². The van der Waals surface area contributed by atoms with Crippen LogP contribution in [-0.4, -0.2) is 35.7 Å². The molecule has 1 heterocycles. The molecule has 2 fully saturated rings. The average molecular weight is 312 g/mol. The fourth-order valence-corrected chi connectivity index (χ4v) is 3.22. The van der Waals surface area contributed by atoms with Crippen molar-refractivity contribution in [1.29, 1.82) is 0 Å². The topological polar surface area (TPSA) is 66.5 Å². The SMILES string of the molecule is CC.CCNC(=O)C1CCC(CN2C(=O)CC(C)C2=O)CC1.[HH]. The Labute approximate surface area is 135 Å². The molecule has 0 aromatic heterocycles. The van der Waals surface area contributed by atoms with Crippen molar-refractivity contribution in [3.63, 3.8) is 0 Å². The van der Waals surface area contributed by atoms with Crippen molar-refractivity contribution in [3.05, 3.63) is 0 Å². The molecule has 0 aromatic rings. The first kappa shape index (κ1) is 18.7. The fourth-order valence-electron chi connectivity index (χ4n) is 3.22. The van der Waals surface area contributed by atoms with Gasteiger partial charge in [0.1, 0.15) is 0 Å². The number of imide groups is 1. The molecule has 22 heavy (non-hydrogen) atoms. The lowest BCUT2D eigenvalue weighted by atomic mass is 9.81. The van der Waals surface area contributed by atoms with Gasteiger partial charge in [-0.15, -0.1) is 0 Å². The predicted molar refractivity (Wildman–Crippen MR) is 88.1 cm³/mol. The van der Waals surface area contributed by atoms with Crippen molar-refractivity contribution in [2.45, 2.75) is 59.8 Å². The number of hydrogen-bond acceptors (Lipinski definition) is 3. The predicted octanol–water partition coefficient (Wildman–Crippen LogP) is 2.60. The van der Waals surface area contributed by atoms with Crippen molar-refractivity contribution in [2.24, 2.45) is 17.8 Å². The number of nitrogens with zero attached hydrogens (tertiary/aromatic N) is 1.